The zero-order valence-electron chi connectivity index (χ0n) is 30.3. The van der Waals surface area contributed by atoms with Crippen LogP contribution in [0.15, 0.2) is 30.3 Å². The molecule has 11 nitrogen and oxygen atoms in total. The summed E-state index contributed by atoms with van der Waals surface area (Å²) in [5.41, 5.74) is 6.36. The first-order valence-corrected chi connectivity index (χ1v) is 19.4. The average molecular weight is 713 g/mol. The number of nitrogens with one attached hydrogen (secondary N) is 5. The Labute approximate surface area is 303 Å². The highest BCUT2D eigenvalue weighted by atomic mass is 32.1. The zero-order valence-corrected chi connectivity index (χ0v) is 31.2. The third kappa shape index (κ3) is 10.7. The number of benzene rings is 1. The second kappa shape index (κ2) is 18.4. The van der Waals surface area contributed by atoms with Crippen molar-refractivity contribution in [2.75, 3.05) is 18.8 Å². The molecule has 5 rings (SSSR count). The first-order chi connectivity index (χ1) is 23.8. The van der Waals surface area contributed by atoms with Crippen molar-refractivity contribution in [2.24, 2.45) is 40.7 Å². The first kappa shape index (κ1) is 39.7. The van der Waals surface area contributed by atoms with E-state index in [0.717, 1.165) is 37.3 Å². The predicted octanol–water partition coefficient (Wildman–Crippen LogP) is 3.33. The maximum Gasteiger partial charge on any atom is 0.251 e. The van der Waals surface area contributed by atoms with Crippen LogP contribution < -0.4 is 32.3 Å². The Hall–Kier alpha value is -3.12. The van der Waals surface area contributed by atoms with E-state index in [1.807, 2.05) is 19.9 Å². The van der Waals surface area contributed by atoms with Crippen molar-refractivity contribution in [3.63, 3.8) is 0 Å². The van der Waals surface area contributed by atoms with Gasteiger partial charge in [-0.2, -0.15) is 12.6 Å². The van der Waals surface area contributed by atoms with E-state index < -0.39 is 47.8 Å². The fraction of sp³-hybridized carbons (Fsp3) is 0.711. The van der Waals surface area contributed by atoms with E-state index >= 15 is 0 Å². The monoisotopic (exact) mass is 712 g/mol. The molecule has 4 aliphatic rings. The number of rotatable bonds is 20. The molecule has 50 heavy (non-hydrogen) atoms. The lowest BCUT2D eigenvalue weighted by atomic mass is 9.49. The van der Waals surface area contributed by atoms with Crippen LogP contribution in [0.25, 0.3) is 0 Å². The minimum Gasteiger partial charge on any atom is -0.368 e. The number of primary amides is 1. The molecule has 0 heterocycles. The number of carbonyl (C=O) groups is 5. The van der Waals surface area contributed by atoms with Crippen molar-refractivity contribution in [1.29, 1.82) is 0 Å². The minimum atomic E-state index is -1.06. The summed E-state index contributed by atoms with van der Waals surface area (Å²) in [6.07, 6.45) is 10.7. The zero-order chi connectivity index (χ0) is 36.4. The summed E-state index contributed by atoms with van der Waals surface area (Å²) >= 11 is 4.29. The van der Waals surface area contributed by atoms with Crippen LogP contribution in [0.4, 0.5) is 0 Å². The third-order valence-corrected chi connectivity index (χ3v) is 11.7. The molecule has 4 aliphatic carbocycles. The molecule has 0 spiro atoms. The summed E-state index contributed by atoms with van der Waals surface area (Å²) in [5, 5.41) is 14.8. The molecule has 4 saturated carbocycles. The quantitative estimate of drug-likeness (QED) is 0.0808. The van der Waals surface area contributed by atoms with Gasteiger partial charge in [-0.1, -0.05) is 52.3 Å². The highest BCUT2D eigenvalue weighted by Crippen LogP contribution is 2.59. The van der Waals surface area contributed by atoms with Gasteiger partial charge in [0, 0.05) is 17.9 Å². The van der Waals surface area contributed by atoms with Gasteiger partial charge in [-0.15, -0.1) is 0 Å². The highest BCUT2D eigenvalue weighted by molar-refractivity contribution is 7.80. The lowest BCUT2D eigenvalue weighted by Crippen LogP contribution is -2.59. The van der Waals surface area contributed by atoms with Gasteiger partial charge in [0.05, 0.1) is 0 Å². The Bertz CT molecular complexity index is 1290. The lowest BCUT2D eigenvalue weighted by Gasteiger charge is -2.57. The molecule has 278 valence electrons. The molecule has 1 aromatic carbocycles. The molecular weight excluding hydrogens is 653 g/mol. The summed E-state index contributed by atoms with van der Waals surface area (Å²) in [4.78, 5) is 65.6. The molecule has 0 aliphatic heterocycles. The molecule has 4 bridgehead atoms. The second-order valence-corrected chi connectivity index (χ2v) is 16.1. The molecule has 1 aromatic rings. The van der Waals surface area contributed by atoms with Gasteiger partial charge in [0.1, 0.15) is 24.2 Å². The summed E-state index contributed by atoms with van der Waals surface area (Å²) < 4.78 is 0. The molecule has 12 heteroatoms. The van der Waals surface area contributed by atoms with Crippen LogP contribution in [-0.4, -0.2) is 72.5 Å². The predicted molar refractivity (Wildman–Crippen MR) is 198 cm³/mol. The summed E-state index contributed by atoms with van der Waals surface area (Å²) in [5.74, 6) is -0.426. The minimum absolute atomic E-state index is 0.0291. The smallest absolute Gasteiger partial charge is 0.251 e. The van der Waals surface area contributed by atoms with Crippen LogP contribution in [0, 0.1) is 35.0 Å². The van der Waals surface area contributed by atoms with Crippen molar-refractivity contribution in [3.05, 3.63) is 35.9 Å². The molecule has 0 unspecified atom stereocenters. The third-order valence-electron chi connectivity index (χ3n) is 11.3. The molecule has 0 saturated heterocycles. The number of hydrogen-bond donors (Lipinski definition) is 7. The fourth-order valence-electron chi connectivity index (χ4n) is 8.79. The van der Waals surface area contributed by atoms with Crippen LogP contribution in [0.2, 0.25) is 0 Å². The first-order valence-electron chi connectivity index (χ1n) is 18.7. The van der Waals surface area contributed by atoms with Gasteiger partial charge in [-0.25, -0.2) is 0 Å². The normalized spacial score (nSPS) is 25.2. The highest BCUT2D eigenvalue weighted by Gasteiger charge is 2.50. The van der Waals surface area contributed by atoms with E-state index in [9.17, 15) is 24.0 Å². The number of hydrogen-bond acceptors (Lipinski definition) is 7. The van der Waals surface area contributed by atoms with Crippen molar-refractivity contribution in [2.45, 2.75) is 116 Å². The van der Waals surface area contributed by atoms with Crippen molar-refractivity contribution < 1.29 is 24.0 Å². The van der Waals surface area contributed by atoms with Crippen LogP contribution >= 0.6 is 12.6 Å². The van der Waals surface area contributed by atoms with Gasteiger partial charge < -0.3 is 32.3 Å². The number of carbonyl (C=O) groups excluding carboxylic acids is 5. The van der Waals surface area contributed by atoms with Gasteiger partial charge in [0.2, 0.25) is 23.6 Å². The van der Waals surface area contributed by atoms with Crippen molar-refractivity contribution in [3.8, 4) is 0 Å². The van der Waals surface area contributed by atoms with E-state index in [4.69, 9.17) is 5.73 Å². The number of thiol groups is 1. The van der Waals surface area contributed by atoms with E-state index in [1.165, 1.54) is 38.5 Å². The Morgan fingerprint density at radius 1 is 0.800 bits per heavy atom. The fourth-order valence-corrected chi connectivity index (χ4v) is 9.05. The van der Waals surface area contributed by atoms with Gasteiger partial charge in [-0.05, 0) is 111 Å². The van der Waals surface area contributed by atoms with Gasteiger partial charge >= 0.3 is 0 Å². The molecule has 0 radical (unpaired) electrons. The molecule has 4 fully saturated rings. The Morgan fingerprint density at radius 3 is 1.92 bits per heavy atom. The van der Waals surface area contributed by atoms with E-state index in [2.05, 4.69) is 39.2 Å². The maximum atomic E-state index is 13.8. The van der Waals surface area contributed by atoms with Gasteiger partial charge in [-0.3, -0.25) is 24.0 Å². The Morgan fingerprint density at radius 2 is 1.38 bits per heavy atom. The van der Waals surface area contributed by atoms with Crippen LogP contribution in [0.5, 0.6) is 0 Å². The van der Waals surface area contributed by atoms with Crippen LogP contribution in [0.3, 0.4) is 0 Å². The summed E-state index contributed by atoms with van der Waals surface area (Å²) in [6, 6.07) is 4.88. The standard InChI is InChI=1S/C38H60N6O5S/c1-5-24(4)32(44-34(46)28-11-7-6-8-12-28)37(49)41-29(35(47)42-30(21-50)36(48)43-31(23(2)3)33(39)45)13-9-10-14-40-22-38-18-25-15-26(19-38)17-27(16-25)20-38/h6-8,11-12,23-27,29-32,40,50H,5,9-10,13-22H2,1-4H3,(H2,39,45)(H,41,49)(H,42,47)(H,43,48)(H,44,46)/t24-,25?,26?,27?,29-,30-,31-,32-,38?/m0/s1. The van der Waals surface area contributed by atoms with Crippen LogP contribution in [0.1, 0.15) is 102 Å². The van der Waals surface area contributed by atoms with Gasteiger partial charge in [0.15, 0.2) is 0 Å². The maximum absolute atomic E-state index is 13.8. The molecule has 5 atom stereocenters. The summed E-state index contributed by atoms with van der Waals surface area (Å²) in [7, 11) is 0. The number of amides is 5. The van der Waals surface area contributed by atoms with E-state index in [1.54, 1.807) is 38.1 Å². The topological polar surface area (TPSA) is 172 Å². The second-order valence-electron chi connectivity index (χ2n) is 15.7. The SMILES string of the molecule is CC[C@H](C)[C@H](NC(=O)c1ccccc1)C(=O)N[C@@H](CCCCNCC12CC3CC(CC(C3)C1)C2)C(=O)N[C@@H](CS)C(=O)N[C@H](C(N)=O)C(C)C. The average Bonchev–Trinajstić information content (AvgIpc) is 3.08. The van der Waals surface area contributed by atoms with Crippen LogP contribution in [-0.2, 0) is 19.2 Å². The largest absolute Gasteiger partial charge is 0.368 e. The molecular formula is C38H60N6O5S. The van der Waals surface area contributed by atoms with Crippen molar-refractivity contribution in [1.82, 2.24) is 26.6 Å². The lowest BCUT2D eigenvalue weighted by molar-refractivity contribution is -0.134. The summed E-state index contributed by atoms with van der Waals surface area (Å²) in [6.45, 7) is 9.20. The van der Waals surface area contributed by atoms with E-state index in [0.29, 0.717) is 30.2 Å². The Kier molecular flexibility index (Phi) is 14.6. The molecule has 0 aromatic heterocycles. The van der Waals surface area contributed by atoms with Crippen molar-refractivity contribution >= 4 is 42.2 Å². The molecule has 5 amide bonds. The van der Waals surface area contributed by atoms with Gasteiger partial charge in [0.25, 0.3) is 5.91 Å². The Balaban J connectivity index is 1.39. The van der Waals surface area contributed by atoms with E-state index in [-0.39, 0.29) is 23.5 Å². The number of nitrogens with two attached hydrogens (primary N) is 1. The molecule has 7 N–H and O–H groups in total. The number of unbranched alkanes of at least 4 members (excludes halogenated alkanes) is 1.